The molecule has 4 heterocycles. The Balaban J connectivity index is 1.23. The summed E-state index contributed by atoms with van der Waals surface area (Å²) in [4.78, 5) is 23.2. The fourth-order valence-electron chi connectivity index (χ4n) is 8.86. The Morgan fingerprint density at radius 1 is 1.04 bits per heavy atom. The number of fused-ring (bicyclic) bond motifs is 3. The Morgan fingerprint density at radius 2 is 1.90 bits per heavy atom. The zero-order valence-corrected chi connectivity index (χ0v) is 31.3. The number of carbonyl (C=O) groups excluding carboxylic acids is 1. The van der Waals surface area contributed by atoms with Crippen LogP contribution < -0.4 is 14.4 Å². The van der Waals surface area contributed by atoms with Crippen LogP contribution in [0.4, 0.5) is 5.69 Å². The smallest absolute Gasteiger partial charge is 0.264 e. The van der Waals surface area contributed by atoms with E-state index in [0.717, 1.165) is 93.7 Å². The number of amides is 1. The molecule has 4 aliphatic rings. The summed E-state index contributed by atoms with van der Waals surface area (Å²) < 4.78 is 38.2. The number of carbonyl (C=O) groups is 1. The topological polar surface area (TPSA) is 96.8 Å². The van der Waals surface area contributed by atoms with Crippen molar-refractivity contribution in [3.8, 4) is 5.75 Å². The van der Waals surface area contributed by atoms with E-state index in [0.29, 0.717) is 29.9 Å². The first-order valence-electron chi connectivity index (χ1n) is 18.7. The molecule has 50 heavy (non-hydrogen) atoms. The van der Waals surface area contributed by atoms with Crippen LogP contribution in [-0.4, -0.2) is 66.8 Å². The molecule has 1 amide bonds. The van der Waals surface area contributed by atoms with Gasteiger partial charge in [0, 0.05) is 61.6 Å². The summed E-state index contributed by atoms with van der Waals surface area (Å²) in [5.74, 6) is 2.91. The predicted molar refractivity (Wildman–Crippen MR) is 198 cm³/mol. The van der Waals surface area contributed by atoms with Gasteiger partial charge in [0.15, 0.2) is 0 Å². The minimum atomic E-state index is -3.88. The highest BCUT2D eigenvalue weighted by atomic mass is 35.5. The van der Waals surface area contributed by atoms with Gasteiger partial charge in [0.25, 0.3) is 5.91 Å². The van der Waals surface area contributed by atoms with Crippen molar-refractivity contribution in [1.29, 1.82) is 0 Å². The van der Waals surface area contributed by atoms with Gasteiger partial charge in [-0.15, -0.1) is 0 Å². The molecule has 2 aromatic carbocycles. The number of halogens is 1. The second-order valence-corrected chi connectivity index (χ2v) is 17.8. The molecule has 3 aromatic rings. The lowest BCUT2D eigenvalue weighted by molar-refractivity contribution is 0.0611. The zero-order valence-electron chi connectivity index (χ0n) is 29.7. The summed E-state index contributed by atoms with van der Waals surface area (Å²) >= 11 is 6.47. The number of sulfonamides is 1. The second kappa shape index (κ2) is 14.9. The summed E-state index contributed by atoms with van der Waals surface area (Å²) in [6.45, 7) is 11.9. The molecule has 6 unspecified atom stereocenters. The highest BCUT2D eigenvalue weighted by Crippen LogP contribution is 2.45. The van der Waals surface area contributed by atoms with E-state index in [1.807, 2.05) is 31.3 Å². The van der Waals surface area contributed by atoms with Crippen molar-refractivity contribution in [3.05, 3.63) is 76.3 Å². The van der Waals surface area contributed by atoms with Gasteiger partial charge >= 0.3 is 0 Å². The molecule has 270 valence electrons. The zero-order chi connectivity index (χ0) is 35.0. The number of aromatic nitrogens is 2. The number of ether oxygens (including phenoxy) is 1. The Morgan fingerprint density at radius 3 is 2.70 bits per heavy atom. The first-order chi connectivity index (χ1) is 24.1. The van der Waals surface area contributed by atoms with Crippen molar-refractivity contribution in [2.75, 3.05) is 37.7 Å². The van der Waals surface area contributed by atoms with Crippen molar-refractivity contribution >= 4 is 33.2 Å². The van der Waals surface area contributed by atoms with Crippen LogP contribution in [0, 0.1) is 23.7 Å². The number of benzene rings is 2. The maximum atomic E-state index is 13.5. The van der Waals surface area contributed by atoms with E-state index < -0.39 is 21.2 Å². The minimum Gasteiger partial charge on any atom is -0.491 e. The Kier molecular flexibility index (Phi) is 10.5. The molecule has 0 spiro atoms. The normalized spacial score (nSPS) is 28.7. The Hall–Kier alpha value is -3.08. The van der Waals surface area contributed by atoms with Crippen molar-refractivity contribution in [2.24, 2.45) is 23.7 Å². The van der Waals surface area contributed by atoms with Gasteiger partial charge in [-0.2, -0.15) is 0 Å². The third-order valence-electron chi connectivity index (χ3n) is 12.1. The third-order valence-corrected chi connectivity index (χ3v) is 14.3. The van der Waals surface area contributed by atoms with E-state index >= 15 is 0 Å². The quantitative estimate of drug-likeness (QED) is 0.306. The van der Waals surface area contributed by atoms with Crippen LogP contribution in [0.1, 0.15) is 92.5 Å². The number of rotatable bonds is 5. The van der Waals surface area contributed by atoms with Crippen molar-refractivity contribution < 1.29 is 17.9 Å². The third kappa shape index (κ3) is 7.44. The number of nitrogens with zero attached hydrogens (tertiary/aromatic N) is 4. The SMILES string of the molecule is CCCc1cc(Cl)ccc1C1COc2ccc3cc2N(C1)CC1CCC1C(CN1CCn2ccnc2C1)CCCC(C)C(C)S(=O)(=O)NC3=O. The van der Waals surface area contributed by atoms with E-state index in [-0.39, 0.29) is 11.8 Å². The van der Waals surface area contributed by atoms with Crippen LogP contribution in [0.5, 0.6) is 5.75 Å². The standard InChI is InChI=1S/C39H52ClN5O4S/c1-4-6-28-19-33(40)11-13-34(28)32-23-45-22-31-9-12-35(31)30(21-43-17-18-44-16-15-41-38(44)24-43)8-5-7-26(2)27(3)50(47,48)42-39(46)29-10-14-37(49-25-32)36(45)20-29/h10-11,13-16,19-20,26-27,30-32,35H,4-9,12,17-18,21-25H2,1-3H3,(H,42,46). The van der Waals surface area contributed by atoms with Gasteiger partial charge in [0.1, 0.15) is 11.6 Å². The highest BCUT2D eigenvalue weighted by molar-refractivity contribution is 7.90. The van der Waals surface area contributed by atoms with E-state index in [1.54, 1.807) is 13.0 Å². The maximum absolute atomic E-state index is 13.5. The molecule has 6 atom stereocenters. The maximum Gasteiger partial charge on any atom is 0.264 e. The fraction of sp³-hybridized carbons (Fsp3) is 0.590. The van der Waals surface area contributed by atoms with Crippen LogP contribution in [0.2, 0.25) is 5.02 Å². The molecule has 1 saturated carbocycles. The van der Waals surface area contributed by atoms with E-state index in [4.69, 9.17) is 16.3 Å². The van der Waals surface area contributed by atoms with Gasteiger partial charge in [-0.1, -0.05) is 44.4 Å². The molecule has 11 heteroatoms. The number of nitrogens with one attached hydrogen (secondary N) is 1. The molecule has 1 aliphatic carbocycles. The first-order valence-corrected chi connectivity index (χ1v) is 20.6. The largest absolute Gasteiger partial charge is 0.491 e. The molecular formula is C39H52ClN5O4S. The van der Waals surface area contributed by atoms with E-state index in [2.05, 4.69) is 49.3 Å². The molecule has 3 aliphatic heterocycles. The predicted octanol–water partition coefficient (Wildman–Crippen LogP) is 6.90. The second-order valence-electron chi connectivity index (χ2n) is 15.3. The van der Waals surface area contributed by atoms with Gasteiger partial charge in [-0.25, -0.2) is 18.1 Å². The summed E-state index contributed by atoms with van der Waals surface area (Å²) in [6, 6.07) is 11.6. The van der Waals surface area contributed by atoms with Crippen molar-refractivity contribution in [3.63, 3.8) is 0 Å². The summed E-state index contributed by atoms with van der Waals surface area (Å²) in [5, 5.41) is 0.0590. The van der Waals surface area contributed by atoms with Crippen LogP contribution in [0.15, 0.2) is 48.8 Å². The lowest BCUT2D eigenvalue weighted by Crippen LogP contribution is -2.46. The lowest BCUT2D eigenvalue weighted by atomic mass is 9.65. The first kappa shape index (κ1) is 35.3. The number of hydrogen-bond acceptors (Lipinski definition) is 7. The number of hydrogen-bond donors (Lipinski definition) is 1. The van der Waals surface area contributed by atoms with Crippen LogP contribution >= 0.6 is 11.6 Å². The average molecular weight is 722 g/mol. The van der Waals surface area contributed by atoms with Gasteiger partial charge in [-0.05, 0) is 104 Å². The summed E-state index contributed by atoms with van der Waals surface area (Å²) in [5.41, 5.74) is 3.71. The van der Waals surface area contributed by atoms with E-state index in [1.165, 1.54) is 24.0 Å². The van der Waals surface area contributed by atoms with E-state index in [9.17, 15) is 13.2 Å². The Bertz CT molecular complexity index is 1800. The number of imidazole rings is 1. The highest BCUT2D eigenvalue weighted by Gasteiger charge is 2.40. The fourth-order valence-corrected chi connectivity index (χ4v) is 10.4. The average Bonchev–Trinajstić information content (AvgIpc) is 3.47. The monoisotopic (exact) mass is 721 g/mol. The molecule has 2 bridgehead atoms. The van der Waals surface area contributed by atoms with Gasteiger partial charge in [0.2, 0.25) is 10.0 Å². The molecule has 0 saturated heterocycles. The Labute approximate surface area is 302 Å². The van der Waals surface area contributed by atoms with Crippen LogP contribution in [0.25, 0.3) is 0 Å². The van der Waals surface area contributed by atoms with Gasteiger partial charge in [0.05, 0.1) is 24.1 Å². The summed E-state index contributed by atoms with van der Waals surface area (Å²) in [7, 11) is -3.88. The molecular weight excluding hydrogens is 670 g/mol. The molecule has 0 radical (unpaired) electrons. The molecule has 1 fully saturated rings. The summed E-state index contributed by atoms with van der Waals surface area (Å²) in [6.07, 6.45) is 11.2. The number of anilines is 1. The molecule has 9 nitrogen and oxygen atoms in total. The van der Waals surface area contributed by atoms with Crippen LogP contribution in [-0.2, 0) is 29.5 Å². The van der Waals surface area contributed by atoms with Gasteiger partial charge in [-0.3, -0.25) is 9.69 Å². The molecule has 1 N–H and O–H groups in total. The molecule has 1 aromatic heterocycles. The van der Waals surface area contributed by atoms with Crippen LogP contribution in [0.3, 0.4) is 0 Å². The molecule has 7 rings (SSSR count). The van der Waals surface area contributed by atoms with Gasteiger partial charge < -0.3 is 14.2 Å². The minimum absolute atomic E-state index is 0.0770. The lowest BCUT2D eigenvalue weighted by Gasteiger charge is -2.46. The number of aryl methyl sites for hydroxylation is 1. The van der Waals surface area contributed by atoms with Crippen molar-refractivity contribution in [1.82, 2.24) is 19.2 Å². The van der Waals surface area contributed by atoms with Crippen molar-refractivity contribution in [2.45, 2.75) is 90.0 Å².